The van der Waals surface area contributed by atoms with Crippen molar-refractivity contribution in [1.82, 2.24) is 5.32 Å². The van der Waals surface area contributed by atoms with E-state index in [-0.39, 0.29) is 0 Å². The van der Waals surface area contributed by atoms with Gasteiger partial charge in [0.1, 0.15) is 6.04 Å². The third kappa shape index (κ3) is 4.15. The van der Waals surface area contributed by atoms with Gasteiger partial charge in [-0.1, -0.05) is 20.8 Å². The summed E-state index contributed by atoms with van der Waals surface area (Å²) in [7, 11) is 0. The number of alkyl halides is 3. The lowest BCUT2D eigenvalue weighted by Gasteiger charge is -2.23. The van der Waals surface area contributed by atoms with E-state index in [9.17, 15) is 18.0 Å². The molecule has 0 heterocycles. The summed E-state index contributed by atoms with van der Waals surface area (Å²) in [6.07, 6.45) is -4.37. The second kappa shape index (κ2) is 3.55. The van der Waals surface area contributed by atoms with Crippen LogP contribution >= 0.6 is 0 Å². The van der Waals surface area contributed by atoms with Crippen molar-refractivity contribution in [1.29, 1.82) is 0 Å². The van der Waals surface area contributed by atoms with Crippen LogP contribution in [0.3, 0.4) is 0 Å². The molecule has 78 valence electrons. The van der Waals surface area contributed by atoms with Gasteiger partial charge in [0.25, 0.3) is 0 Å². The lowest BCUT2D eigenvalue weighted by molar-refractivity contribution is -0.160. The Hall–Kier alpha value is -0.740. The first-order chi connectivity index (χ1) is 5.55. The molecule has 0 aromatic carbocycles. The van der Waals surface area contributed by atoms with Crippen LogP contribution in [-0.2, 0) is 4.79 Å². The number of nitrogens with one attached hydrogen (secondary N) is 1. The minimum absolute atomic E-state index is 0.600. The van der Waals surface area contributed by atoms with Gasteiger partial charge in [-0.15, -0.1) is 0 Å². The average molecular weight is 197 g/mol. The standard InChI is InChI=1S/C8H14F3NO/c1-5(8(9,10)11)12-6(13)7(2,3)4/h5H,1-4H3,(H,12,13). The molecule has 2 nitrogen and oxygen atoms in total. The molecule has 0 saturated heterocycles. The zero-order chi connectivity index (χ0) is 10.9. The molecule has 1 amide bonds. The van der Waals surface area contributed by atoms with E-state index in [4.69, 9.17) is 0 Å². The Labute approximate surface area is 75.5 Å². The predicted octanol–water partition coefficient (Wildman–Crippen LogP) is 2.10. The smallest absolute Gasteiger partial charge is 0.344 e. The van der Waals surface area contributed by atoms with Crippen molar-refractivity contribution in [2.45, 2.75) is 39.9 Å². The molecule has 0 aliphatic rings. The molecule has 1 unspecified atom stereocenters. The van der Waals surface area contributed by atoms with E-state index in [0.29, 0.717) is 0 Å². The normalized spacial score (nSPS) is 15.3. The molecule has 13 heavy (non-hydrogen) atoms. The Balaban J connectivity index is 4.24. The van der Waals surface area contributed by atoms with E-state index in [1.165, 1.54) is 0 Å². The molecule has 5 heteroatoms. The molecule has 0 saturated carbocycles. The minimum atomic E-state index is -4.37. The minimum Gasteiger partial charge on any atom is -0.344 e. The average Bonchev–Trinajstić information content (AvgIpc) is 1.82. The lowest BCUT2D eigenvalue weighted by atomic mass is 9.95. The fraction of sp³-hybridized carbons (Fsp3) is 0.875. The van der Waals surface area contributed by atoms with Crippen LogP contribution in [0.1, 0.15) is 27.7 Å². The van der Waals surface area contributed by atoms with E-state index in [0.717, 1.165) is 6.92 Å². The molecule has 0 spiro atoms. The van der Waals surface area contributed by atoms with E-state index in [1.807, 2.05) is 5.32 Å². The van der Waals surface area contributed by atoms with Gasteiger partial charge in [0.15, 0.2) is 0 Å². The number of hydrogen-bond acceptors (Lipinski definition) is 1. The van der Waals surface area contributed by atoms with Gasteiger partial charge < -0.3 is 5.32 Å². The van der Waals surface area contributed by atoms with Crippen molar-refractivity contribution >= 4 is 5.91 Å². The zero-order valence-corrected chi connectivity index (χ0v) is 8.12. The topological polar surface area (TPSA) is 29.1 Å². The molecule has 1 N–H and O–H groups in total. The van der Waals surface area contributed by atoms with Crippen molar-refractivity contribution in [3.8, 4) is 0 Å². The van der Waals surface area contributed by atoms with E-state index < -0.39 is 23.5 Å². The first kappa shape index (κ1) is 12.3. The summed E-state index contributed by atoms with van der Waals surface area (Å²) in [6, 6.07) is -1.79. The van der Waals surface area contributed by atoms with Crippen LogP contribution in [0.2, 0.25) is 0 Å². The Morgan fingerprint density at radius 3 is 1.85 bits per heavy atom. The van der Waals surface area contributed by atoms with E-state index >= 15 is 0 Å². The van der Waals surface area contributed by atoms with Crippen LogP contribution in [0, 0.1) is 5.41 Å². The molecule has 0 aromatic heterocycles. The van der Waals surface area contributed by atoms with Crippen molar-refractivity contribution in [3.63, 3.8) is 0 Å². The van der Waals surface area contributed by atoms with Gasteiger partial charge in [-0.25, -0.2) is 0 Å². The SMILES string of the molecule is CC(NC(=O)C(C)(C)C)C(F)(F)F. The van der Waals surface area contributed by atoms with Gasteiger partial charge >= 0.3 is 6.18 Å². The number of carbonyl (C=O) groups is 1. The van der Waals surface area contributed by atoms with Crippen LogP contribution in [-0.4, -0.2) is 18.1 Å². The van der Waals surface area contributed by atoms with Gasteiger partial charge in [-0.05, 0) is 6.92 Å². The molecule has 0 aliphatic carbocycles. The largest absolute Gasteiger partial charge is 0.408 e. The third-order valence-corrected chi connectivity index (χ3v) is 1.52. The van der Waals surface area contributed by atoms with Crippen LogP contribution in [0.25, 0.3) is 0 Å². The van der Waals surface area contributed by atoms with Crippen LogP contribution < -0.4 is 5.32 Å². The highest BCUT2D eigenvalue weighted by Gasteiger charge is 2.38. The fourth-order valence-corrected chi connectivity index (χ4v) is 0.495. The first-order valence-corrected chi connectivity index (χ1v) is 3.93. The zero-order valence-electron chi connectivity index (χ0n) is 8.12. The first-order valence-electron chi connectivity index (χ1n) is 3.93. The molecular weight excluding hydrogens is 183 g/mol. The fourth-order valence-electron chi connectivity index (χ4n) is 0.495. The Bertz CT molecular complexity index is 193. The summed E-state index contributed by atoms with van der Waals surface area (Å²) < 4.78 is 35.9. The van der Waals surface area contributed by atoms with Crippen molar-refractivity contribution in [2.24, 2.45) is 5.41 Å². The van der Waals surface area contributed by atoms with E-state index in [1.54, 1.807) is 20.8 Å². The number of amides is 1. The Morgan fingerprint density at radius 2 is 1.62 bits per heavy atom. The summed E-state index contributed by atoms with van der Waals surface area (Å²) >= 11 is 0. The van der Waals surface area contributed by atoms with Gasteiger partial charge in [-0.2, -0.15) is 13.2 Å². The van der Waals surface area contributed by atoms with Crippen LogP contribution in [0.15, 0.2) is 0 Å². The number of hydrogen-bond donors (Lipinski definition) is 1. The molecule has 0 fully saturated rings. The second-order valence-corrected chi connectivity index (χ2v) is 3.99. The monoisotopic (exact) mass is 197 g/mol. The van der Waals surface area contributed by atoms with Crippen molar-refractivity contribution in [2.75, 3.05) is 0 Å². The summed E-state index contributed by atoms with van der Waals surface area (Å²) in [5.74, 6) is -0.600. The molecule has 1 atom stereocenters. The maximum atomic E-state index is 12.0. The molecule has 0 aromatic rings. The number of halogens is 3. The highest BCUT2D eigenvalue weighted by atomic mass is 19.4. The van der Waals surface area contributed by atoms with Crippen molar-refractivity contribution in [3.05, 3.63) is 0 Å². The molecular formula is C8H14F3NO. The second-order valence-electron chi connectivity index (χ2n) is 3.99. The summed E-state index contributed by atoms with van der Waals surface area (Å²) in [5, 5.41) is 1.90. The number of rotatable bonds is 1. The summed E-state index contributed by atoms with van der Waals surface area (Å²) in [5.41, 5.74) is -0.792. The van der Waals surface area contributed by atoms with Gasteiger partial charge in [0.05, 0.1) is 0 Å². The number of carbonyl (C=O) groups excluding carboxylic acids is 1. The van der Waals surface area contributed by atoms with Crippen LogP contribution in [0.5, 0.6) is 0 Å². The highest BCUT2D eigenvalue weighted by molar-refractivity contribution is 5.81. The Kier molecular flexibility index (Phi) is 3.35. The molecule has 0 radical (unpaired) electrons. The third-order valence-electron chi connectivity index (χ3n) is 1.52. The predicted molar refractivity (Wildman–Crippen MR) is 43.1 cm³/mol. The van der Waals surface area contributed by atoms with Gasteiger partial charge in [0, 0.05) is 5.41 Å². The Morgan fingerprint density at radius 1 is 1.23 bits per heavy atom. The maximum Gasteiger partial charge on any atom is 0.408 e. The molecule has 0 bridgehead atoms. The van der Waals surface area contributed by atoms with Crippen molar-refractivity contribution < 1.29 is 18.0 Å². The lowest BCUT2D eigenvalue weighted by Crippen LogP contribution is -2.47. The maximum absolute atomic E-state index is 12.0. The van der Waals surface area contributed by atoms with E-state index in [2.05, 4.69) is 0 Å². The summed E-state index contributed by atoms with van der Waals surface area (Å²) in [6.45, 7) is 5.60. The quantitative estimate of drug-likeness (QED) is 0.685. The highest BCUT2D eigenvalue weighted by Crippen LogP contribution is 2.21. The molecule has 0 aliphatic heterocycles. The van der Waals surface area contributed by atoms with Gasteiger partial charge in [0.2, 0.25) is 5.91 Å². The molecule has 0 rings (SSSR count). The summed E-state index contributed by atoms with van der Waals surface area (Å²) in [4.78, 5) is 11.1. The van der Waals surface area contributed by atoms with Gasteiger partial charge in [-0.3, -0.25) is 4.79 Å². The van der Waals surface area contributed by atoms with Crippen LogP contribution in [0.4, 0.5) is 13.2 Å².